The zero-order valence-electron chi connectivity index (χ0n) is 8.66. The standard InChI is InChI=1S/C11H16N2O2/c14-11(7-9-3-1-5-12-9)13-8-10-4-2-6-15-10/h1,3,5,10,12H,2,4,6-8H2,(H,13,14). The lowest BCUT2D eigenvalue weighted by Crippen LogP contribution is -2.32. The summed E-state index contributed by atoms with van der Waals surface area (Å²) < 4.78 is 5.42. The molecule has 1 saturated heterocycles. The largest absolute Gasteiger partial charge is 0.376 e. The molecule has 1 fully saturated rings. The van der Waals surface area contributed by atoms with Crippen molar-refractivity contribution < 1.29 is 9.53 Å². The van der Waals surface area contributed by atoms with Crippen LogP contribution in [0.5, 0.6) is 0 Å². The van der Waals surface area contributed by atoms with Gasteiger partial charge in [-0.25, -0.2) is 0 Å². The van der Waals surface area contributed by atoms with Crippen LogP contribution in [-0.2, 0) is 16.0 Å². The van der Waals surface area contributed by atoms with Crippen molar-refractivity contribution in [3.63, 3.8) is 0 Å². The number of carbonyl (C=O) groups excluding carboxylic acids is 1. The maximum atomic E-state index is 11.5. The number of H-pyrrole nitrogens is 1. The Bertz CT molecular complexity index is 302. The number of hydrogen-bond donors (Lipinski definition) is 2. The molecule has 0 radical (unpaired) electrons. The lowest BCUT2D eigenvalue weighted by Gasteiger charge is -2.10. The number of hydrogen-bond acceptors (Lipinski definition) is 2. The van der Waals surface area contributed by atoms with Crippen LogP contribution in [0.3, 0.4) is 0 Å². The number of carbonyl (C=O) groups is 1. The van der Waals surface area contributed by atoms with Gasteiger partial charge in [-0.3, -0.25) is 4.79 Å². The molecule has 1 aromatic rings. The SMILES string of the molecule is O=C(Cc1ccc[nH]1)NCC1CCCO1. The number of nitrogens with one attached hydrogen (secondary N) is 2. The van der Waals surface area contributed by atoms with Crippen LogP contribution in [0.4, 0.5) is 0 Å². The minimum Gasteiger partial charge on any atom is -0.376 e. The highest BCUT2D eigenvalue weighted by Crippen LogP contribution is 2.10. The van der Waals surface area contributed by atoms with Crippen molar-refractivity contribution in [2.45, 2.75) is 25.4 Å². The van der Waals surface area contributed by atoms with Gasteiger partial charge in [0, 0.05) is 25.0 Å². The molecule has 82 valence electrons. The Morgan fingerprint density at radius 1 is 1.67 bits per heavy atom. The van der Waals surface area contributed by atoms with Crippen LogP contribution in [0.1, 0.15) is 18.5 Å². The van der Waals surface area contributed by atoms with E-state index in [2.05, 4.69) is 10.3 Å². The smallest absolute Gasteiger partial charge is 0.226 e. The second-order valence-corrected chi connectivity index (χ2v) is 3.81. The monoisotopic (exact) mass is 208 g/mol. The van der Waals surface area contributed by atoms with E-state index in [9.17, 15) is 4.79 Å². The molecule has 1 aliphatic heterocycles. The lowest BCUT2D eigenvalue weighted by molar-refractivity contribution is -0.121. The number of aromatic amines is 1. The van der Waals surface area contributed by atoms with Gasteiger partial charge >= 0.3 is 0 Å². The summed E-state index contributed by atoms with van der Waals surface area (Å²) in [5.41, 5.74) is 0.944. The van der Waals surface area contributed by atoms with Gasteiger partial charge in [0.1, 0.15) is 0 Å². The Morgan fingerprint density at radius 2 is 2.60 bits per heavy atom. The summed E-state index contributed by atoms with van der Waals surface area (Å²) in [6.07, 6.45) is 4.63. The van der Waals surface area contributed by atoms with Crippen molar-refractivity contribution in [3.8, 4) is 0 Å². The summed E-state index contributed by atoms with van der Waals surface area (Å²) in [5.74, 6) is 0.0490. The molecular formula is C11H16N2O2. The van der Waals surface area contributed by atoms with Crippen molar-refractivity contribution in [3.05, 3.63) is 24.0 Å². The molecule has 1 amide bonds. The van der Waals surface area contributed by atoms with E-state index in [0.29, 0.717) is 13.0 Å². The Morgan fingerprint density at radius 3 is 3.27 bits per heavy atom. The lowest BCUT2D eigenvalue weighted by atomic mass is 10.2. The minimum atomic E-state index is 0.0490. The molecule has 0 spiro atoms. The van der Waals surface area contributed by atoms with Gasteiger partial charge in [-0.05, 0) is 25.0 Å². The van der Waals surface area contributed by atoms with Crippen LogP contribution in [0.2, 0.25) is 0 Å². The molecule has 4 heteroatoms. The average Bonchev–Trinajstić information content (AvgIpc) is 2.86. The maximum Gasteiger partial charge on any atom is 0.226 e. The van der Waals surface area contributed by atoms with Crippen LogP contribution >= 0.6 is 0 Å². The summed E-state index contributed by atoms with van der Waals surface area (Å²) in [6, 6.07) is 3.80. The minimum absolute atomic E-state index is 0.0490. The molecule has 2 N–H and O–H groups in total. The van der Waals surface area contributed by atoms with Crippen LogP contribution in [0, 0.1) is 0 Å². The molecule has 1 unspecified atom stereocenters. The number of aromatic nitrogens is 1. The predicted octanol–water partition coefficient (Wildman–Crippen LogP) is 0.852. The Balaban J connectivity index is 1.68. The van der Waals surface area contributed by atoms with E-state index in [4.69, 9.17) is 4.74 Å². The zero-order chi connectivity index (χ0) is 10.5. The normalized spacial score (nSPS) is 20.4. The Kier molecular flexibility index (Phi) is 3.40. The van der Waals surface area contributed by atoms with Crippen molar-refractivity contribution >= 4 is 5.91 Å². The first-order chi connectivity index (χ1) is 7.34. The number of ether oxygens (including phenoxy) is 1. The van der Waals surface area contributed by atoms with Gasteiger partial charge in [0.25, 0.3) is 0 Å². The van der Waals surface area contributed by atoms with Crippen LogP contribution < -0.4 is 5.32 Å². The molecular weight excluding hydrogens is 192 g/mol. The summed E-state index contributed by atoms with van der Waals surface area (Å²) in [4.78, 5) is 14.5. The molecule has 0 aliphatic carbocycles. The second-order valence-electron chi connectivity index (χ2n) is 3.81. The van der Waals surface area contributed by atoms with Crippen molar-refractivity contribution in [1.82, 2.24) is 10.3 Å². The van der Waals surface area contributed by atoms with Crippen LogP contribution in [0.25, 0.3) is 0 Å². The van der Waals surface area contributed by atoms with Gasteiger partial charge in [0.05, 0.1) is 12.5 Å². The third kappa shape index (κ3) is 3.09. The summed E-state index contributed by atoms with van der Waals surface area (Å²) in [6.45, 7) is 1.47. The van der Waals surface area contributed by atoms with Crippen molar-refractivity contribution in [2.75, 3.05) is 13.2 Å². The van der Waals surface area contributed by atoms with E-state index < -0.39 is 0 Å². The first-order valence-corrected chi connectivity index (χ1v) is 5.35. The molecule has 1 atom stereocenters. The van der Waals surface area contributed by atoms with E-state index in [1.54, 1.807) is 0 Å². The molecule has 0 saturated carbocycles. The van der Waals surface area contributed by atoms with E-state index in [-0.39, 0.29) is 12.0 Å². The Labute approximate surface area is 89.0 Å². The third-order valence-electron chi connectivity index (χ3n) is 2.56. The number of rotatable bonds is 4. The van der Waals surface area contributed by atoms with Gasteiger partial charge in [0.2, 0.25) is 5.91 Å². The van der Waals surface area contributed by atoms with E-state index in [1.165, 1.54) is 0 Å². The van der Waals surface area contributed by atoms with Gasteiger partial charge in [-0.1, -0.05) is 0 Å². The summed E-state index contributed by atoms with van der Waals surface area (Å²) >= 11 is 0. The maximum absolute atomic E-state index is 11.5. The highest BCUT2D eigenvalue weighted by atomic mass is 16.5. The summed E-state index contributed by atoms with van der Waals surface area (Å²) in [7, 11) is 0. The topological polar surface area (TPSA) is 54.1 Å². The van der Waals surface area contributed by atoms with Gasteiger partial charge < -0.3 is 15.0 Å². The zero-order valence-corrected chi connectivity index (χ0v) is 8.66. The molecule has 1 aromatic heterocycles. The van der Waals surface area contributed by atoms with Crippen LogP contribution in [-0.4, -0.2) is 30.1 Å². The molecule has 4 nitrogen and oxygen atoms in total. The highest BCUT2D eigenvalue weighted by Gasteiger charge is 2.16. The van der Waals surface area contributed by atoms with E-state index >= 15 is 0 Å². The fraction of sp³-hybridized carbons (Fsp3) is 0.545. The Hall–Kier alpha value is -1.29. The van der Waals surface area contributed by atoms with Gasteiger partial charge in [0.15, 0.2) is 0 Å². The first kappa shape index (κ1) is 10.2. The molecule has 0 bridgehead atoms. The number of amides is 1. The fourth-order valence-electron chi connectivity index (χ4n) is 1.75. The third-order valence-corrected chi connectivity index (χ3v) is 2.56. The van der Waals surface area contributed by atoms with Gasteiger partial charge in [-0.2, -0.15) is 0 Å². The van der Waals surface area contributed by atoms with Gasteiger partial charge in [-0.15, -0.1) is 0 Å². The van der Waals surface area contributed by atoms with Crippen LogP contribution in [0.15, 0.2) is 18.3 Å². The predicted molar refractivity (Wildman–Crippen MR) is 56.5 cm³/mol. The first-order valence-electron chi connectivity index (χ1n) is 5.35. The molecule has 2 heterocycles. The molecule has 0 aromatic carbocycles. The average molecular weight is 208 g/mol. The van der Waals surface area contributed by atoms with E-state index in [0.717, 1.165) is 25.1 Å². The molecule has 15 heavy (non-hydrogen) atoms. The fourth-order valence-corrected chi connectivity index (χ4v) is 1.75. The van der Waals surface area contributed by atoms with Crippen molar-refractivity contribution in [2.24, 2.45) is 0 Å². The van der Waals surface area contributed by atoms with Crippen molar-refractivity contribution in [1.29, 1.82) is 0 Å². The van der Waals surface area contributed by atoms with E-state index in [1.807, 2.05) is 18.3 Å². The summed E-state index contributed by atoms with van der Waals surface area (Å²) in [5, 5.41) is 2.88. The second kappa shape index (κ2) is 4.98. The molecule has 2 rings (SSSR count). The molecule has 1 aliphatic rings. The quantitative estimate of drug-likeness (QED) is 0.770. The highest BCUT2D eigenvalue weighted by molar-refractivity contribution is 5.78.